The van der Waals surface area contributed by atoms with Crippen LogP contribution in [-0.2, 0) is 6.42 Å². The van der Waals surface area contributed by atoms with E-state index in [1.165, 1.54) is 5.56 Å². The molecule has 0 aromatic heterocycles. The van der Waals surface area contributed by atoms with Crippen LogP contribution in [0.4, 0.5) is 0 Å². The molecule has 0 saturated heterocycles. The first kappa shape index (κ1) is 10.1. The Hall–Kier alpha value is -1.46. The van der Waals surface area contributed by atoms with Crippen molar-refractivity contribution < 1.29 is 4.74 Å². The number of fused-ring (bicyclic) bond motifs is 1. The summed E-state index contributed by atoms with van der Waals surface area (Å²) in [6.07, 6.45) is 2.86. The van der Waals surface area contributed by atoms with Crippen LogP contribution in [0, 0.1) is 11.8 Å². The minimum absolute atomic E-state index is 0.715. The smallest absolute Gasteiger partial charge is 0.122 e. The normalized spacial score (nSPS) is 12.6. The predicted molar refractivity (Wildman–Crippen MR) is 60.8 cm³/mol. The first-order valence-corrected chi connectivity index (χ1v) is 5.35. The second kappa shape index (κ2) is 4.86. The molecule has 0 amide bonds. The largest absolute Gasteiger partial charge is 0.493 e. The summed E-state index contributed by atoms with van der Waals surface area (Å²) < 4.78 is 5.43. The van der Waals surface area contributed by atoms with Gasteiger partial charge in [0.2, 0.25) is 0 Å². The molecule has 1 aliphatic heterocycles. The SMILES string of the molecule is NCCCC#Cc1ccc2c(c1)CCO2. The van der Waals surface area contributed by atoms with Crippen molar-refractivity contribution in [3.8, 4) is 17.6 Å². The lowest BCUT2D eigenvalue weighted by molar-refractivity contribution is 0.357. The molecule has 1 aliphatic rings. The minimum atomic E-state index is 0.715. The molecule has 78 valence electrons. The van der Waals surface area contributed by atoms with Crippen molar-refractivity contribution in [1.82, 2.24) is 0 Å². The van der Waals surface area contributed by atoms with Crippen molar-refractivity contribution in [2.45, 2.75) is 19.3 Å². The minimum Gasteiger partial charge on any atom is -0.493 e. The lowest BCUT2D eigenvalue weighted by atomic mass is 10.1. The number of hydrogen-bond acceptors (Lipinski definition) is 2. The fraction of sp³-hybridized carbons (Fsp3) is 0.385. The number of benzene rings is 1. The van der Waals surface area contributed by atoms with E-state index in [0.29, 0.717) is 6.54 Å². The highest BCUT2D eigenvalue weighted by atomic mass is 16.5. The summed E-state index contributed by atoms with van der Waals surface area (Å²) in [7, 11) is 0. The van der Waals surface area contributed by atoms with Gasteiger partial charge in [-0.1, -0.05) is 11.8 Å². The fourth-order valence-corrected chi connectivity index (χ4v) is 1.62. The second-order valence-electron chi connectivity index (χ2n) is 3.61. The van der Waals surface area contributed by atoms with Gasteiger partial charge in [-0.05, 0) is 36.7 Å². The molecule has 0 saturated carbocycles. The third kappa shape index (κ3) is 2.51. The molecule has 0 fully saturated rings. The molecule has 0 spiro atoms. The van der Waals surface area contributed by atoms with Crippen LogP contribution in [0.25, 0.3) is 0 Å². The topological polar surface area (TPSA) is 35.2 Å². The summed E-state index contributed by atoms with van der Waals surface area (Å²) >= 11 is 0. The maximum atomic E-state index is 5.43. The molecular formula is C13H15NO. The molecule has 0 atom stereocenters. The van der Waals surface area contributed by atoms with E-state index in [-0.39, 0.29) is 0 Å². The molecule has 1 heterocycles. The molecule has 2 heteroatoms. The third-order valence-corrected chi connectivity index (χ3v) is 2.43. The molecule has 1 aromatic rings. The lowest BCUT2D eigenvalue weighted by Gasteiger charge is -1.97. The highest BCUT2D eigenvalue weighted by molar-refractivity contribution is 5.45. The predicted octanol–water partition coefficient (Wildman–Crippen LogP) is 1.71. The zero-order chi connectivity index (χ0) is 10.5. The molecule has 0 unspecified atom stereocenters. The van der Waals surface area contributed by atoms with Crippen LogP contribution in [0.2, 0.25) is 0 Å². The van der Waals surface area contributed by atoms with Gasteiger partial charge in [-0.2, -0.15) is 0 Å². The Balaban J connectivity index is 2.05. The average Bonchev–Trinajstić information content (AvgIpc) is 2.71. The van der Waals surface area contributed by atoms with Gasteiger partial charge in [0.05, 0.1) is 6.61 Å². The van der Waals surface area contributed by atoms with Crippen molar-refractivity contribution in [2.75, 3.05) is 13.2 Å². The van der Waals surface area contributed by atoms with Crippen LogP contribution in [-0.4, -0.2) is 13.2 Å². The molecule has 1 aromatic carbocycles. The van der Waals surface area contributed by atoms with Gasteiger partial charge in [0.1, 0.15) is 5.75 Å². The summed E-state index contributed by atoms with van der Waals surface area (Å²) in [4.78, 5) is 0. The van der Waals surface area contributed by atoms with E-state index in [4.69, 9.17) is 10.5 Å². The zero-order valence-corrected chi connectivity index (χ0v) is 8.75. The standard InChI is InChI=1S/C13H15NO/c14-8-3-1-2-4-11-5-6-13-12(10-11)7-9-15-13/h5-6,10H,1,3,7-9,14H2. The summed E-state index contributed by atoms with van der Waals surface area (Å²) in [5.41, 5.74) is 7.76. The van der Waals surface area contributed by atoms with Crippen molar-refractivity contribution in [3.05, 3.63) is 29.3 Å². The van der Waals surface area contributed by atoms with E-state index >= 15 is 0 Å². The number of nitrogens with two attached hydrogens (primary N) is 1. The Labute approximate surface area is 90.4 Å². The maximum absolute atomic E-state index is 5.43. The van der Waals surface area contributed by atoms with Crippen LogP contribution in [0.15, 0.2) is 18.2 Å². The monoisotopic (exact) mass is 201 g/mol. The molecule has 0 aliphatic carbocycles. The van der Waals surface area contributed by atoms with Crippen molar-refractivity contribution in [1.29, 1.82) is 0 Å². The van der Waals surface area contributed by atoms with Gasteiger partial charge in [-0.3, -0.25) is 0 Å². The van der Waals surface area contributed by atoms with Crippen molar-refractivity contribution in [3.63, 3.8) is 0 Å². The molecule has 2 N–H and O–H groups in total. The number of unbranched alkanes of at least 4 members (excludes halogenated alkanes) is 1. The Morgan fingerprint density at radius 3 is 3.20 bits per heavy atom. The highest BCUT2D eigenvalue weighted by Gasteiger charge is 2.10. The van der Waals surface area contributed by atoms with Gasteiger partial charge in [-0.15, -0.1) is 0 Å². The number of rotatable bonds is 2. The van der Waals surface area contributed by atoms with E-state index in [2.05, 4.69) is 17.9 Å². The average molecular weight is 201 g/mol. The van der Waals surface area contributed by atoms with Gasteiger partial charge in [0, 0.05) is 18.4 Å². The summed E-state index contributed by atoms with van der Waals surface area (Å²) in [5.74, 6) is 7.29. The maximum Gasteiger partial charge on any atom is 0.122 e. The molecule has 2 nitrogen and oxygen atoms in total. The van der Waals surface area contributed by atoms with E-state index in [0.717, 1.165) is 37.2 Å². The quantitative estimate of drug-likeness (QED) is 0.584. The fourth-order valence-electron chi connectivity index (χ4n) is 1.62. The van der Waals surface area contributed by atoms with E-state index in [1.54, 1.807) is 0 Å². The van der Waals surface area contributed by atoms with E-state index in [9.17, 15) is 0 Å². The van der Waals surface area contributed by atoms with Crippen molar-refractivity contribution in [2.24, 2.45) is 5.73 Å². The number of hydrogen-bond donors (Lipinski definition) is 1. The first-order chi connectivity index (χ1) is 7.40. The summed E-state index contributed by atoms with van der Waals surface area (Å²) in [5, 5.41) is 0. The Morgan fingerprint density at radius 1 is 1.40 bits per heavy atom. The van der Waals surface area contributed by atoms with E-state index < -0.39 is 0 Å². The highest BCUT2D eigenvalue weighted by Crippen LogP contribution is 2.25. The van der Waals surface area contributed by atoms with Gasteiger partial charge in [0.15, 0.2) is 0 Å². The molecule has 0 bridgehead atoms. The third-order valence-electron chi connectivity index (χ3n) is 2.43. The van der Waals surface area contributed by atoms with Crippen molar-refractivity contribution >= 4 is 0 Å². The summed E-state index contributed by atoms with van der Waals surface area (Å²) in [6, 6.07) is 6.15. The second-order valence-corrected chi connectivity index (χ2v) is 3.61. The summed E-state index contributed by atoms with van der Waals surface area (Å²) in [6.45, 7) is 1.52. The molecule has 2 rings (SSSR count). The van der Waals surface area contributed by atoms with Crippen LogP contribution in [0.5, 0.6) is 5.75 Å². The number of ether oxygens (including phenoxy) is 1. The van der Waals surface area contributed by atoms with Gasteiger partial charge < -0.3 is 10.5 Å². The lowest BCUT2D eigenvalue weighted by Crippen LogP contribution is -1.96. The molecule has 0 radical (unpaired) electrons. The molecular weight excluding hydrogens is 186 g/mol. The molecule has 15 heavy (non-hydrogen) atoms. The first-order valence-electron chi connectivity index (χ1n) is 5.35. The van der Waals surface area contributed by atoms with Crippen LogP contribution < -0.4 is 10.5 Å². The van der Waals surface area contributed by atoms with Crippen LogP contribution in [0.1, 0.15) is 24.0 Å². The van der Waals surface area contributed by atoms with Gasteiger partial charge in [0.25, 0.3) is 0 Å². The van der Waals surface area contributed by atoms with Crippen LogP contribution >= 0.6 is 0 Å². The van der Waals surface area contributed by atoms with Gasteiger partial charge >= 0.3 is 0 Å². The van der Waals surface area contributed by atoms with Gasteiger partial charge in [-0.25, -0.2) is 0 Å². The van der Waals surface area contributed by atoms with Crippen LogP contribution in [0.3, 0.4) is 0 Å². The Morgan fingerprint density at radius 2 is 2.33 bits per heavy atom. The Kier molecular flexibility index (Phi) is 3.26. The zero-order valence-electron chi connectivity index (χ0n) is 8.75. The van der Waals surface area contributed by atoms with E-state index in [1.807, 2.05) is 12.1 Å². The Bertz CT molecular complexity index is 401.